The second kappa shape index (κ2) is 10.2. The Bertz CT molecular complexity index is 793. The molecule has 0 bridgehead atoms. The molecule has 0 amide bonds. The highest BCUT2D eigenvalue weighted by Gasteiger charge is 2.14. The second-order valence-corrected chi connectivity index (χ2v) is 8.97. The highest BCUT2D eigenvalue weighted by Crippen LogP contribution is 2.30. The van der Waals surface area contributed by atoms with E-state index >= 15 is 0 Å². The van der Waals surface area contributed by atoms with Gasteiger partial charge in [0.05, 0.1) is 13.7 Å². The fourth-order valence-corrected chi connectivity index (χ4v) is 5.01. The molecule has 1 aliphatic rings. The Kier molecular flexibility index (Phi) is 7.64. The van der Waals surface area contributed by atoms with Crippen LogP contribution in [0.4, 0.5) is 0 Å². The Hall–Kier alpha value is -1.96. The summed E-state index contributed by atoms with van der Waals surface area (Å²) in [7, 11) is 1.77. The van der Waals surface area contributed by atoms with E-state index in [4.69, 9.17) is 9.47 Å². The predicted molar refractivity (Wildman–Crippen MR) is 122 cm³/mol. The Morgan fingerprint density at radius 3 is 2.10 bits per heavy atom. The first-order valence-electron chi connectivity index (χ1n) is 11.3. The van der Waals surface area contributed by atoms with E-state index in [-0.39, 0.29) is 0 Å². The van der Waals surface area contributed by atoms with E-state index in [0.29, 0.717) is 0 Å². The summed E-state index contributed by atoms with van der Waals surface area (Å²) >= 11 is 0. The van der Waals surface area contributed by atoms with Gasteiger partial charge in [-0.25, -0.2) is 0 Å². The van der Waals surface area contributed by atoms with E-state index in [1.807, 2.05) is 0 Å². The van der Waals surface area contributed by atoms with Gasteiger partial charge in [-0.15, -0.1) is 0 Å². The smallest absolute Gasteiger partial charge is 0.125 e. The summed E-state index contributed by atoms with van der Waals surface area (Å²) in [5.74, 6) is 3.00. The van der Waals surface area contributed by atoms with Crippen molar-refractivity contribution in [3.63, 3.8) is 0 Å². The molecule has 0 aromatic heterocycles. The van der Waals surface area contributed by atoms with E-state index in [2.05, 4.69) is 52.0 Å². The van der Waals surface area contributed by atoms with E-state index < -0.39 is 0 Å². The van der Waals surface area contributed by atoms with Crippen LogP contribution in [0.1, 0.15) is 71.9 Å². The molecule has 0 saturated heterocycles. The van der Waals surface area contributed by atoms with Gasteiger partial charge in [0.2, 0.25) is 0 Å². The molecule has 1 aliphatic carbocycles. The predicted octanol–water partition coefficient (Wildman–Crippen LogP) is 7.06. The quantitative estimate of drug-likeness (QED) is 0.477. The summed E-state index contributed by atoms with van der Waals surface area (Å²) in [6.07, 6.45) is 10.2. The molecule has 0 aliphatic heterocycles. The molecule has 158 valence electrons. The first-order valence-corrected chi connectivity index (χ1v) is 11.3. The van der Waals surface area contributed by atoms with Crippen LogP contribution in [0.5, 0.6) is 11.5 Å². The average Bonchev–Trinajstić information content (AvgIpc) is 2.69. The number of aryl methyl sites for hydroxylation is 6. The lowest BCUT2D eigenvalue weighted by atomic mass is 9.87. The highest BCUT2D eigenvalue weighted by atomic mass is 16.5. The maximum Gasteiger partial charge on any atom is 0.125 e. The summed E-state index contributed by atoms with van der Waals surface area (Å²) in [5.41, 5.74) is 7.71. The van der Waals surface area contributed by atoms with Crippen molar-refractivity contribution in [1.82, 2.24) is 0 Å². The van der Waals surface area contributed by atoms with Crippen LogP contribution in [0.2, 0.25) is 0 Å². The van der Waals surface area contributed by atoms with Gasteiger partial charge in [0.15, 0.2) is 0 Å². The molecule has 3 rings (SSSR count). The van der Waals surface area contributed by atoms with Crippen molar-refractivity contribution in [1.29, 1.82) is 0 Å². The minimum atomic E-state index is 0.853. The van der Waals surface area contributed by atoms with Crippen molar-refractivity contribution in [2.75, 3.05) is 13.7 Å². The fraction of sp³-hybridized carbons (Fsp3) is 0.556. The monoisotopic (exact) mass is 394 g/mol. The van der Waals surface area contributed by atoms with Gasteiger partial charge < -0.3 is 9.47 Å². The zero-order chi connectivity index (χ0) is 20.8. The molecule has 0 heterocycles. The minimum absolute atomic E-state index is 0.853. The zero-order valence-electron chi connectivity index (χ0n) is 19.1. The maximum absolute atomic E-state index is 6.24. The maximum atomic E-state index is 6.24. The van der Waals surface area contributed by atoms with E-state index in [0.717, 1.165) is 36.9 Å². The summed E-state index contributed by atoms with van der Waals surface area (Å²) in [4.78, 5) is 0. The number of rotatable bonds is 8. The SMILES string of the molecule is COc1c(C)cc(C)cc1CCc1cc(C)c(OCCC2CCCCC2)c(C)c1. The number of hydrogen-bond acceptors (Lipinski definition) is 2. The third-order valence-corrected chi connectivity index (χ3v) is 6.40. The molecule has 0 unspecified atom stereocenters. The van der Waals surface area contributed by atoms with E-state index in [9.17, 15) is 0 Å². The zero-order valence-corrected chi connectivity index (χ0v) is 19.1. The van der Waals surface area contributed by atoms with Crippen LogP contribution < -0.4 is 9.47 Å². The third kappa shape index (κ3) is 5.78. The van der Waals surface area contributed by atoms with Crippen molar-refractivity contribution in [3.05, 3.63) is 57.6 Å². The van der Waals surface area contributed by atoms with E-state index in [1.54, 1.807) is 7.11 Å². The standard InChI is InChI=1S/C27H38O2/c1-19-15-20(2)27(28-5)25(16-19)12-11-24-17-21(3)26(22(4)18-24)29-14-13-23-9-7-6-8-10-23/h15-18,23H,6-14H2,1-5H3. The van der Waals surface area contributed by atoms with Crippen molar-refractivity contribution >= 4 is 0 Å². The van der Waals surface area contributed by atoms with Crippen LogP contribution in [0, 0.1) is 33.6 Å². The lowest BCUT2D eigenvalue weighted by molar-refractivity contribution is 0.244. The lowest BCUT2D eigenvalue weighted by Gasteiger charge is -2.22. The minimum Gasteiger partial charge on any atom is -0.496 e. The molecule has 2 aromatic carbocycles. The Morgan fingerprint density at radius 1 is 0.793 bits per heavy atom. The molecule has 0 spiro atoms. The van der Waals surface area contributed by atoms with Crippen molar-refractivity contribution in [2.24, 2.45) is 5.92 Å². The van der Waals surface area contributed by atoms with Crippen LogP contribution in [0.3, 0.4) is 0 Å². The summed E-state index contributed by atoms with van der Waals surface area (Å²) in [6.45, 7) is 9.51. The molecule has 29 heavy (non-hydrogen) atoms. The van der Waals surface area contributed by atoms with Gasteiger partial charge in [0, 0.05) is 0 Å². The summed E-state index contributed by atoms with van der Waals surface area (Å²) in [5, 5.41) is 0. The molecule has 2 aromatic rings. The van der Waals surface area contributed by atoms with Gasteiger partial charge in [-0.1, -0.05) is 61.9 Å². The van der Waals surface area contributed by atoms with Gasteiger partial charge in [0.1, 0.15) is 11.5 Å². The van der Waals surface area contributed by atoms with E-state index in [1.165, 1.54) is 71.9 Å². The lowest BCUT2D eigenvalue weighted by Crippen LogP contribution is -2.11. The van der Waals surface area contributed by atoms with Gasteiger partial charge >= 0.3 is 0 Å². The Balaban J connectivity index is 1.62. The molecule has 2 heteroatoms. The second-order valence-electron chi connectivity index (χ2n) is 8.97. The molecule has 0 atom stereocenters. The number of hydrogen-bond donors (Lipinski definition) is 0. The highest BCUT2D eigenvalue weighted by molar-refractivity contribution is 5.46. The van der Waals surface area contributed by atoms with Crippen LogP contribution in [0.15, 0.2) is 24.3 Å². The van der Waals surface area contributed by atoms with Crippen LogP contribution in [0.25, 0.3) is 0 Å². The molecule has 1 saturated carbocycles. The molecular formula is C27H38O2. The van der Waals surface area contributed by atoms with Gasteiger partial charge in [-0.3, -0.25) is 0 Å². The van der Waals surface area contributed by atoms with Crippen molar-refractivity contribution in [3.8, 4) is 11.5 Å². The molecular weight excluding hydrogens is 356 g/mol. The first kappa shape index (κ1) is 21.7. The van der Waals surface area contributed by atoms with Gasteiger partial charge in [0.25, 0.3) is 0 Å². The summed E-state index contributed by atoms with van der Waals surface area (Å²) in [6, 6.07) is 9.06. The fourth-order valence-electron chi connectivity index (χ4n) is 5.01. The molecule has 2 nitrogen and oxygen atoms in total. The number of benzene rings is 2. The number of ether oxygens (including phenoxy) is 2. The van der Waals surface area contributed by atoms with Crippen LogP contribution >= 0.6 is 0 Å². The Morgan fingerprint density at radius 2 is 1.45 bits per heavy atom. The largest absolute Gasteiger partial charge is 0.496 e. The van der Waals surface area contributed by atoms with Crippen LogP contribution in [-0.2, 0) is 12.8 Å². The molecule has 1 fully saturated rings. The topological polar surface area (TPSA) is 18.5 Å². The van der Waals surface area contributed by atoms with Crippen molar-refractivity contribution < 1.29 is 9.47 Å². The van der Waals surface area contributed by atoms with Gasteiger partial charge in [-0.2, -0.15) is 0 Å². The first-order chi connectivity index (χ1) is 14.0. The van der Waals surface area contributed by atoms with Gasteiger partial charge in [-0.05, 0) is 80.7 Å². The van der Waals surface area contributed by atoms with Crippen LogP contribution in [-0.4, -0.2) is 13.7 Å². The van der Waals surface area contributed by atoms with Crippen molar-refractivity contribution in [2.45, 2.75) is 79.1 Å². The average molecular weight is 395 g/mol. The third-order valence-electron chi connectivity index (χ3n) is 6.40. The Labute approximate surface area is 177 Å². The molecule has 0 radical (unpaired) electrons. The number of methoxy groups -OCH3 is 1. The normalized spacial score (nSPS) is 14.8. The summed E-state index contributed by atoms with van der Waals surface area (Å²) < 4.78 is 11.9. The molecule has 0 N–H and O–H groups in total.